The average Bonchev–Trinajstić information content (AvgIpc) is 3.70. The molecule has 15 heteroatoms. The summed E-state index contributed by atoms with van der Waals surface area (Å²) in [6, 6.07) is 9.20. The summed E-state index contributed by atoms with van der Waals surface area (Å²) in [6.45, 7) is 11.7. The van der Waals surface area contributed by atoms with Gasteiger partial charge in [0.1, 0.15) is 28.7 Å². The van der Waals surface area contributed by atoms with Gasteiger partial charge in [-0.1, -0.05) is 82.9 Å². The van der Waals surface area contributed by atoms with Gasteiger partial charge in [0.05, 0.1) is 23.7 Å². The normalized spacial score (nSPS) is 22.1. The van der Waals surface area contributed by atoms with E-state index in [4.69, 9.17) is 27.9 Å². The number of hydrogen-bond donors (Lipinski definition) is 1. The number of likely N-dealkylation sites (tertiary alicyclic amines) is 2. The highest BCUT2D eigenvalue weighted by atomic mass is 35.5. The van der Waals surface area contributed by atoms with Crippen LogP contribution in [0, 0.1) is 28.4 Å². The molecule has 4 atom stereocenters. The van der Waals surface area contributed by atoms with Crippen LogP contribution in [-0.2, 0) is 35.9 Å². The van der Waals surface area contributed by atoms with Crippen LogP contribution in [0.25, 0.3) is 0 Å². The van der Waals surface area contributed by atoms with Gasteiger partial charge in [0.2, 0.25) is 17.7 Å². The third kappa shape index (κ3) is 8.42. The Morgan fingerprint density at radius 1 is 1.00 bits per heavy atom. The molecule has 0 unspecified atom stereocenters. The van der Waals surface area contributed by atoms with E-state index in [1.54, 1.807) is 31.9 Å². The maximum Gasteiger partial charge on any atom is 0.306 e. The molecule has 11 nitrogen and oxygen atoms in total. The van der Waals surface area contributed by atoms with Crippen molar-refractivity contribution in [3.63, 3.8) is 0 Å². The standard InChI is InChI=1S/C41H48Cl2F2N6O5/c1-7-32(52)49-19-16-40(17-20-49,56-34(54)9-3)24-50-18-15-31(48-50)47-38(55)37-35(26-11-10-12-28(43)36(26)45)41(23-46,27-14-13-25(42)21-29(27)44)30(22-39(4,5)6)51(37)33(53)8-2/h10-15,18,21,30,35,37H,7-9,16-17,19-20,22,24H2,1-6H3,(H,47,48,55)/t30-,35-,37+,41-/m0/s1. The number of hydrogen-bond acceptors (Lipinski definition) is 7. The van der Waals surface area contributed by atoms with Gasteiger partial charge in [-0.05, 0) is 35.6 Å². The zero-order valence-corrected chi connectivity index (χ0v) is 34.0. The SMILES string of the molecule is CCC(=O)OC1(Cn2ccc(NC(=O)[C@H]3[C@H](c4cccc(Cl)c4F)[C@@](C#N)(c4ccc(Cl)cc4F)[C@H](CC(C)(C)C)N3C(=O)CC)n2)CCN(C(=O)CC)CC1. The molecule has 2 saturated heterocycles. The third-order valence-electron chi connectivity index (χ3n) is 10.8. The van der Waals surface area contributed by atoms with Crippen LogP contribution < -0.4 is 5.32 Å². The number of nitrogens with zero attached hydrogens (tertiary/aromatic N) is 5. The largest absolute Gasteiger partial charge is 0.457 e. The molecule has 2 fully saturated rings. The number of piperidine rings is 1. The summed E-state index contributed by atoms with van der Waals surface area (Å²) in [7, 11) is 0. The summed E-state index contributed by atoms with van der Waals surface area (Å²) >= 11 is 12.5. The van der Waals surface area contributed by atoms with Crippen LogP contribution in [0.15, 0.2) is 48.7 Å². The Morgan fingerprint density at radius 2 is 1.68 bits per heavy atom. The summed E-state index contributed by atoms with van der Waals surface area (Å²) in [4.78, 5) is 57.0. The molecule has 2 aliphatic rings. The van der Waals surface area contributed by atoms with Gasteiger partial charge >= 0.3 is 5.97 Å². The Kier molecular flexibility index (Phi) is 12.9. The number of nitrogens with one attached hydrogen (secondary N) is 1. The molecule has 5 rings (SSSR count). The van der Waals surface area contributed by atoms with Gasteiger partial charge in [-0.25, -0.2) is 8.78 Å². The number of carbonyl (C=O) groups excluding carboxylic acids is 4. The first kappa shape index (κ1) is 42.6. The minimum absolute atomic E-state index is 0.00642. The summed E-state index contributed by atoms with van der Waals surface area (Å²) in [5, 5.41) is 18.5. The minimum atomic E-state index is -2.01. The molecule has 2 aromatic carbocycles. The zero-order valence-electron chi connectivity index (χ0n) is 32.5. The second-order valence-corrected chi connectivity index (χ2v) is 16.6. The molecular formula is C41H48Cl2F2N6O5. The molecule has 2 aliphatic heterocycles. The molecule has 3 aromatic rings. The van der Waals surface area contributed by atoms with E-state index in [2.05, 4.69) is 16.5 Å². The monoisotopic (exact) mass is 812 g/mol. The van der Waals surface area contributed by atoms with E-state index in [9.17, 15) is 24.4 Å². The van der Waals surface area contributed by atoms with Crippen molar-refractivity contribution in [3.8, 4) is 6.07 Å². The maximum atomic E-state index is 16.4. The number of carbonyl (C=O) groups is 4. The minimum Gasteiger partial charge on any atom is -0.457 e. The lowest BCUT2D eigenvalue weighted by Crippen LogP contribution is -2.51. The molecule has 0 radical (unpaired) electrons. The van der Waals surface area contributed by atoms with E-state index >= 15 is 8.78 Å². The molecule has 300 valence electrons. The summed E-state index contributed by atoms with van der Waals surface area (Å²) in [6.07, 6.45) is 2.92. The number of amides is 3. The summed E-state index contributed by atoms with van der Waals surface area (Å²) < 4.78 is 40.1. The molecule has 0 saturated carbocycles. The molecule has 0 spiro atoms. The quantitative estimate of drug-likeness (QED) is 0.195. The Hall–Kier alpha value is -4.54. The van der Waals surface area contributed by atoms with Gasteiger partial charge in [-0.15, -0.1) is 0 Å². The fraction of sp³-hybridized carbons (Fsp3) is 0.512. The number of benzene rings is 2. The second kappa shape index (κ2) is 16.9. The van der Waals surface area contributed by atoms with Crippen LogP contribution in [0.4, 0.5) is 14.6 Å². The molecule has 1 N–H and O–H groups in total. The number of rotatable bonds is 11. The van der Waals surface area contributed by atoms with E-state index < -0.39 is 63.9 Å². The van der Waals surface area contributed by atoms with Crippen LogP contribution in [-0.4, -0.2) is 74.0 Å². The van der Waals surface area contributed by atoms with Crippen molar-refractivity contribution in [3.05, 3.63) is 81.5 Å². The Bertz CT molecular complexity index is 2020. The number of aromatic nitrogens is 2. The highest BCUT2D eigenvalue weighted by molar-refractivity contribution is 6.31. The van der Waals surface area contributed by atoms with Crippen molar-refractivity contribution < 1.29 is 32.7 Å². The van der Waals surface area contributed by atoms with E-state index in [1.807, 2.05) is 20.8 Å². The zero-order chi connectivity index (χ0) is 41.2. The van der Waals surface area contributed by atoms with Crippen LogP contribution in [0.3, 0.4) is 0 Å². The Morgan fingerprint density at radius 3 is 2.27 bits per heavy atom. The van der Waals surface area contributed by atoms with Crippen LogP contribution >= 0.6 is 23.2 Å². The first-order valence-electron chi connectivity index (χ1n) is 18.9. The molecular weight excluding hydrogens is 765 g/mol. The van der Waals surface area contributed by atoms with Gasteiger partial charge in [0.25, 0.3) is 0 Å². The lowest BCUT2D eigenvalue weighted by molar-refractivity contribution is -0.168. The lowest BCUT2D eigenvalue weighted by Gasteiger charge is -2.41. The van der Waals surface area contributed by atoms with E-state index in [0.717, 1.165) is 6.07 Å². The van der Waals surface area contributed by atoms with Gasteiger partial charge in [-0.3, -0.25) is 23.9 Å². The molecule has 1 aromatic heterocycles. The topological polar surface area (TPSA) is 138 Å². The molecule has 0 bridgehead atoms. The second-order valence-electron chi connectivity index (χ2n) is 15.7. The van der Waals surface area contributed by atoms with Crippen molar-refractivity contribution in [2.24, 2.45) is 5.41 Å². The van der Waals surface area contributed by atoms with Crippen molar-refractivity contribution in [2.75, 3.05) is 18.4 Å². The number of halogens is 4. The number of esters is 1. The smallest absolute Gasteiger partial charge is 0.306 e. The lowest BCUT2D eigenvalue weighted by atomic mass is 9.62. The molecule has 0 aliphatic carbocycles. The van der Waals surface area contributed by atoms with E-state index in [-0.39, 0.29) is 58.7 Å². The maximum absolute atomic E-state index is 16.4. The van der Waals surface area contributed by atoms with Crippen molar-refractivity contribution in [1.29, 1.82) is 5.26 Å². The van der Waals surface area contributed by atoms with Crippen molar-refractivity contribution in [2.45, 2.75) is 116 Å². The van der Waals surface area contributed by atoms with Crippen LogP contribution in [0.1, 0.15) is 97.1 Å². The first-order valence-corrected chi connectivity index (χ1v) is 19.7. The number of anilines is 1. The van der Waals surface area contributed by atoms with Crippen LogP contribution in [0.2, 0.25) is 10.0 Å². The third-order valence-corrected chi connectivity index (χ3v) is 11.3. The van der Waals surface area contributed by atoms with Crippen molar-refractivity contribution in [1.82, 2.24) is 19.6 Å². The summed E-state index contributed by atoms with van der Waals surface area (Å²) in [5.74, 6) is -4.83. The van der Waals surface area contributed by atoms with Crippen LogP contribution in [0.5, 0.6) is 0 Å². The predicted molar refractivity (Wildman–Crippen MR) is 208 cm³/mol. The molecule has 56 heavy (non-hydrogen) atoms. The van der Waals surface area contributed by atoms with Gasteiger partial charge < -0.3 is 19.9 Å². The number of ether oxygens (including phenoxy) is 1. The average molecular weight is 814 g/mol. The van der Waals surface area contributed by atoms with Gasteiger partial charge in [-0.2, -0.15) is 10.4 Å². The van der Waals surface area contributed by atoms with Crippen molar-refractivity contribution >= 4 is 52.7 Å². The van der Waals surface area contributed by atoms with Gasteiger partial charge in [0.15, 0.2) is 5.82 Å². The summed E-state index contributed by atoms with van der Waals surface area (Å²) in [5.41, 5.74) is -3.83. The fourth-order valence-corrected chi connectivity index (χ4v) is 8.56. The number of nitriles is 1. The fourth-order valence-electron chi connectivity index (χ4n) is 8.22. The first-order chi connectivity index (χ1) is 26.4. The highest BCUT2D eigenvalue weighted by Crippen LogP contribution is 2.57. The molecule has 3 amide bonds. The Labute approximate surface area is 336 Å². The van der Waals surface area contributed by atoms with E-state index in [0.29, 0.717) is 32.4 Å². The van der Waals surface area contributed by atoms with Gasteiger partial charge in [0, 0.05) is 74.0 Å². The Balaban J connectivity index is 1.61. The predicted octanol–water partition coefficient (Wildman–Crippen LogP) is 7.80. The molecule has 3 heterocycles. The van der Waals surface area contributed by atoms with E-state index in [1.165, 1.54) is 46.0 Å². The highest BCUT2D eigenvalue weighted by Gasteiger charge is 2.66.